The molecule has 2 aromatic rings. The van der Waals surface area contributed by atoms with Gasteiger partial charge >= 0.3 is 0 Å². The molecule has 0 saturated heterocycles. The van der Waals surface area contributed by atoms with Crippen LogP contribution in [0.2, 0.25) is 0 Å². The van der Waals surface area contributed by atoms with E-state index in [1.54, 1.807) is 18.3 Å². The summed E-state index contributed by atoms with van der Waals surface area (Å²) in [6, 6.07) is 5.41. The van der Waals surface area contributed by atoms with E-state index in [1.807, 2.05) is 19.1 Å². The molecule has 0 spiro atoms. The molecule has 2 aromatic heterocycles. The van der Waals surface area contributed by atoms with Crippen LogP contribution in [0.1, 0.15) is 19.5 Å². The van der Waals surface area contributed by atoms with Crippen LogP contribution in [-0.2, 0) is 23.2 Å². The van der Waals surface area contributed by atoms with Gasteiger partial charge in [-0.1, -0.05) is 0 Å². The quantitative estimate of drug-likeness (QED) is 0.890. The minimum atomic E-state index is -3.51. The number of thiophene rings is 2. The average Bonchev–Trinajstić information content (AvgIpc) is 2.93. The molecule has 19 heavy (non-hydrogen) atoms. The van der Waals surface area contributed by atoms with Crippen LogP contribution < -0.4 is 4.72 Å². The zero-order valence-electron chi connectivity index (χ0n) is 10.6. The zero-order chi connectivity index (χ0) is 14.0. The zero-order valence-corrected chi connectivity index (χ0v) is 13.1. The van der Waals surface area contributed by atoms with Crippen molar-refractivity contribution in [1.29, 1.82) is 0 Å². The van der Waals surface area contributed by atoms with E-state index in [1.165, 1.54) is 17.4 Å². The molecule has 0 amide bonds. The molecule has 7 heteroatoms. The molecule has 0 fully saturated rings. The fourth-order valence-corrected chi connectivity index (χ4v) is 5.11. The summed E-state index contributed by atoms with van der Waals surface area (Å²) >= 11 is 2.87. The van der Waals surface area contributed by atoms with Crippen molar-refractivity contribution in [2.45, 2.75) is 31.9 Å². The van der Waals surface area contributed by atoms with Gasteiger partial charge in [0.15, 0.2) is 0 Å². The summed E-state index contributed by atoms with van der Waals surface area (Å²) in [5, 5.41) is 9.05. The van der Waals surface area contributed by atoms with Crippen molar-refractivity contribution in [2.24, 2.45) is 0 Å². The van der Waals surface area contributed by atoms with E-state index in [0.717, 1.165) is 9.75 Å². The smallest absolute Gasteiger partial charge is 0.242 e. The van der Waals surface area contributed by atoms with E-state index >= 15 is 0 Å². The Labute approximate surface area is 120 Å². The van der Waals surface area contributed by atoms with Crippen LogP contribution in [-0.4, -0.2) is 13.5 Å². The molecule has 0 aliphatic heterocycles. The highest BCUT2D eigenvalue weighted by Crippen LogP contribution is 2.26. The molecule has 0 saturated carbocycles. The van der Waals surface area contributed by atoms with Crippen molar-refractivity contribution in [2.75, 3.05) is 0 Å². The molecule has 0 aliphatic rings. The van der Waals surface area contributed by atoms with Gasteiger partial charge < -0.3 is 5.11 Å². The number of aryl methyl sites for hydroxylation is 2. The first kappa shape index (κ1) is 14.7. The number of aliphatic hydroxyl groups excluding tert-OH is 1. The van der Waals surface area contributed by atoms with Crippen LogP contribution in [0.15, 0.2) is 23.1 Å². The summed E-state index contributed by atoms with van der Waals surface area (Å²) in [6.07, 6.45) is 0. The minimum absolute atomic E-state index is 0.134. The van der Waals surface area contributed by atoms with Crippen LogP contribution >= 0.6 is 22.7 Å². The molecule has 0 aliphatic carbocycles. The third-order valence-corrected chi connectivity index (χ3v) is 6.29. The predicted molar refractivity (Wildman–Crippen MR) is 78.1 cm³/mol. The van der Waals surface area contributed by atoms with Crippen molar-refractivity contribution < 1.29 is 13.5 Å². The van der Waals surface area contributed by atoms with Gasteiger partial charge in [-0.2, -0.15) is 0 Å². The highest BCUT2D eigenvalue weighted by atomic mass is 32.2. The average molecular weight is 317 g/mol. The Balaban J connectivity index is 2.15. The van der Waals surface area contributed by atoms with Crippen molar-refractivity contribution in [3.05, 3.63) is 37.7 Å². The van der Waals surface area contributed by atoms with Gasteiger partial charge in [0.2, 0.25) is 10.0 Å². The molecule has 0 aromatic carbocycles. The van der Waals surface area contributed by atoms with E-state index in [2.05, 4.69) is 4.72 Å². The second-order valence-electron chi connectivity index (χ2n) is 4.13. The number of nitrogens with one attached hydrogen (secondary N) is 1. The van der Waals surface area contributed by atoms with E-state index in [0.29, 0.717) is 16.3 Å². The largest absolute Gasteiger partial charge is 0.391 e. The Kier molecular flexibility index (Phi) is 4.42. The predicted octanol–water partition coefficient (Wildman–Crippen LogP) is 2.40. The van der Waals surface area contributed by atoms with Crippen LogP contribution in [0.3, 0.4) is 0 Å². The number of hydrogen-bond donors (Lipinski definition) is 2. The number of hydrogen-bond acceptors (Lipinski definition) is 5. The Bertz CT molecular complexity index is 670. The molecule has 2 heterocycles. The lowest BCUT2D eigenvalue weighted by Gasteiger charge is -2.04. The van der Waals surface area contributed by atoms with Gasteiger partial charge in [-0.25, -0.2) is 13.1 Å². The first-order chi connectivity index (χ1) is 8.92. The van der Waals surface area contributed by atoms with Gasteiger partial charge in [-0.3, -0.25) is 0 Å². The maximum Gasteiger partial charge on any atom is 0.242 e. The molecule has 0 atom stereocenters. The van der Waals surface area contributed by atoms with Crippen LogP contribution in [0.4, 0.5) is 0 Å². The Morgan fingerprint density at radius 2 is 1.95 bits per heavy atom. The standard InChI is InChI=1S/C12H15NO3S3/c1-8-3-4-10(17-8)6-13-19(15,16)12-5-11(7-14)18-9(12)2/h3-5,13-14H,6-7H2,1-2H3. The fourth-order valence-electron chi connectivity index (χ4n) is 1.69. The second kappa shape index (κ2) is 5.72. The maximum absolute atomic E-state index is 12.2. The summed E-state index contributed by atoms with van der Waals surface area (Å²) in [6.45, 7) is 3.89. The van der Waals surface area contributed by atoms with Gasteiger partial charge in [0.25, 0.3) is 0 Å². The molecule has 0 bridgehead atoms. The number of aliphatic hydroxyl groups is 1. The lowest BCUT2D eigenvalue weighted by molar-refractivity contribution is 0.285. The third-order valence-electron chi connectivity index (χ3n) is 2.60. The molecule has 104 valence electrons. The maximum atomic E-state index is 12.2. The fraction of sp³-hybridized carbons (Fsp3) is 0.333. The summed E-state index contributed by atoms with van der Waals surface area (Å²) < 4.78 is 27.0. The van der Waals surface area contributed by atoms with Crippen LogP contribution in [0.25, 0.3) is 0 Å². The monoisotopic (exact) mass is 317 g/mol. The van der Waals surface area contributed by atoms with Gasteiger partial charge in [0.05, 0.1) is 11.5 Å². The number of rotatable bonds is 5. The highest BCUT2D eigenvalue weighted by Gasteiger charge is 2.19. The van der Waals surface area contributed by atoms with E-state index in [4.69, 9.17) is 5.11 Å². The Morgan fingerprint density at radius 3 is 2.47 bits per heavy atom. The SMILES string of the molecule is Cc1ccc(CNS(=O)(=O)c2cc(CO)sc2C)s1. The molecule has 4 nitrogen and oxygen atoms in total. The molecule has 0 radical (unpaired) electrons. The summed E-state index contributed by atoms with van der Waals surface area (Å²) in [7, 11) is -3.51. The van der Waals surface area contributed by atoms with E-state index in [9.17, 15) is 8.42 Å². The lowest BCUT2D eigenvalue weighted by atomic mass is 10.4. The third kappa shape index (κ3) is 3.43. The van der Waals surface area contributed by atoms with E-state index in [-0.39, 0.29) is 11.5 Å². The van der Waals surface area contributed by atoms with Crippen molar-refractivity contribution in [3.63, 3.8) is 0 Å². The van der Waals surface area contributed by atoms with Crippen molar-refractivity contribution in [1.82, 2.24) is 4.72 Å². The number of sulfonamides is 1. The van der Waals surface area contributed by atoms with Crippen molar-refractivity contribution >= 4 is 32.7 Å². The summed E-state index contributed by atoms with van der Waals surface area (Å²) in [5.74, 6) is 0. The van der Waals surface area contributed by atoms with Gasteiger partial charge in [-0.05, 0) is 32.0 Å². The lowest BCUT2D eigenvalue weighted by Crippen LogP contribution is -2.22. The highest BCUT2D eigenvalue weighted by molar-refractivity contribution is 7.89. The van der Waals surface area contributed by atoms with Crippen LogP contribution in [0, 0.1) is 13.8 Å². The van der Waals surface area contributed by atoms with E-state index < -0.39 is 10.0 Å². The van der Waals surface area contributed by atoms with Gasteiger partial charge in [0.1, 0.15) is 0 Å². The molecule has 0 unspecified atom stereocenters. The molecular formula is C12H15NO3S3. The van der Waals surface area contributed by atoms with Gasteiger partial charge in [-0.15, -0.1) is 22.7 Å². The molecule has 2 N–H and O–H groups in total. The first-order valence-corrected chi connectivity index (χ1v) is 8.79. The summed E-state index contributed by atoms with van der Waals surface area (Å²) in [4.78, 5) is 3.75. The Morgan fingerprint density at radius 1 is 1.21 bits per heavy atom. The minimum Gasteiger partial charge on any atom is -0.391 e. The van der Waals surface area contributed by atoms with Crippen molar-refractivity contribution in [3.8, 4) is 0 Å². The summed E-state index contributed by atoms with van der Waals surface area (Å²) in [5.41, 5.74) is 0. The molecular weight excluding hydrogens is 302 g/mol. The normalized spacial score (nSPS) is 11.9. The van der Waals surface area contributed by atoms with Gasteiger partial charge in [0, 0.05) is 26.1 Å². The second-order valence-corrected chi connectivity index (χ2v) is 8.58. The first-order valence-electron chi connectivity index (χ1n) is 5.67. The Hall–Kier alpha value is -0.730. The van der Waals surface area contributed by atoms with Crippen LogP contribution in [0.5, 0.6) is 0 Å². The molecule has 2 rings (SSSR count). The topological polar surface area (TPSA) is 66.4 Å².